The molecular weight excluding hydrogens is 330 g/mol. The molecule has 5 heteroatoms. The van der Waals surface area contributed by atoms with E-state index in [1.165, 1.54) is 0 Å². The number of nitrogens with one attached hydrogen (secondary N) is 1. The van der Waals surface area contributed by atoms with E-state index in [0.29, 0.717) is 18.8 Å². The fraction of sp³-hybridized carbons (Fsp3) is 0.381. The van der Waals surface area contributed by atoms with Gasteiger partial charge in [0, 0.05) is 0 Å². The van der Waals surface area contributed by atoms with Gasteiger partial charge in [-0.3, -0.25) is 4.79 Å². The first-order valence-corrected chi connectivity index (χ1v) is 8.91. The van der Waals surface area contributed by atoms with Gasteiger partial charge in [0.2, 0.25) is 0 Å². The third-order valence-electron chi connectivity index (χ3n) is 4.05. The summed E-state index contributed by atoms with van der Waals surface area (Å²) in [4.78, 5) is 12.6. The summed E-state index contributed by atoms with van der Waals surface area (Å²) in [6.07, 6.45) is 0.0296. The van der Waals surface area contributed by atoms with Crippen molar-refractivity contribution in [3.8, 4) is 17.2 Å². The lowest BCUT2D eigenvalue weighted by Crippen LogP contribution is -2.39. The number of amides is 1. The molecule has 0 spiro atoms. The van der Waals surface area contributed by atoms with Crippen LogP contribution in [0.3, 0.4) is 0 Å². The van der Waals surface area contributed by atoms with Gasteiger partial charge in [-0.1, -0.05) is 19.1 Å². The van der Waals surface area contributed by atoms with Crippen LogP contribution in [0, 0.1) is 0 Å². The molecule has 2 aromatic rings. The number of rotatable bonds is 9. The summed E-state index contributed by atoms with van der Waals surface area (Å²) in [7, 11) is 1.61. The molecule has 5 nitrogen and oxygen atoms in total. The molecular formula is C21H27NO4. The molecule has 0 saturated heterocycles. The first-order valence-electron chi connectivity index (χ1n) is 8.91. The van der Waals surface area contributed by atoms with Crippen LogP contribution in [-0.2, 0) is 4.79 Å². The molecule has 0 unspecified atom stereocenters. The fourth-order valence-electron chi connectivity index (χ4n) is 2.55. The standard InChI is InChI=1S/C21H27NO4/c1-5-20(26-19-13-11-17(24-4)12-14-19)21(23)22-15(3)16-7-9-18(10-8-16)25-6-2/h7-15,20H,5-6H2,1-4H3,(H,22,23)/t15-,20+/m1/s1. The van der Waals surface area contributed by atoms with Crippen molar-refractivity contribution in [2.24, 2.45) is 0 Å². The minimum absolute atomic E-state index is 0.119. The number of methoxy groups -OCH3 is 1. The molecule has 0 aliphatic carbocycles. The molecule has 140 valence electrons. The zero-order chi connectivity index (χ0) is 18.9. The van der Waals surface area contributed by atoms with Crippen molar-refractivity contribution in [2.75, 3.05) is 13.7 Å². The largest absolute Gasteiger partial charge is 0.497 e. The van der Waals surface area contributed by atoms with E-state index in [1.54, 1.807) is 19.2 Å². The first-order chi connectivity index (χ1) is 12.6. The lowest BCUT2D eigenvalue weighted by Gasteiger charge is -2.21. The second-order valence-corrected chi connectivity index (χ2v) is 5.92. The molecule has 0 radical (unpaired) electrons. The highest BCUT2D eigenvalue weighted by Gasteiger charge is 2.20. The summed E-state index contributed by atoms with van der Waals surface area (Å²) in [5, 5.41) is 3.01. The lowest BCUT2D eigenvalue weighted by molar-refractivity contribution is -0.128. The van der Waals surface area contributed by atoms with Crippen molar-refractivity contribution in [3.05, 3.63) is 54.1 Å². The number of hydrogen-bond donors (Lipinski definition) is 1. The topological polar surface area (TPSA) is 56.8 Å². The Balaban J connectivity index is 1.96. The molecule has 2 atom stereocenters. The molecule has 0 aliphatic rings. The van der Waals surface area contributed by atoms with Gasteiger partial charge >= 0.3 is 0 Å². The molecule has 0 aromatic heterocycles. The maximum Gasteiger partial charge on any atom is 0.261 e. The smallest absolute Gasteiger partial charge is 0.261 e. The van der Waals surface area contributed by atoms with Crippen LogP contribution in [0.1, 0.15) is 38.8 Å². The molecule has 0 aliphatic heterocycles. The van der Waals surface area contributed by atoms with Crippen molar-refractivity contribution >= 4 is 5.91 Å². The predicted octanol–water partition coefficient (Wildman–Crippen LogP) is 4.13. The molecule has 1 N–H and O–H groups in total. The van der Waals surface area contributed by atoms with Gasteiger partial charge in [0.15, 0.2) is 6.10 Å². The van der Waals surface area contributed by atoms with Crippen LogP contribution < -0.4 is 19.5 Å². The minimum atomic E-state index is -0.548. The maximum absolute atomic E-state index is 12.6. The summed E-state index contributed by atoms with van der Waals surface area (Å²) in [5.41, 5.74) is 1.01. The van der Waals surface area contributed by atoms with Crippen LogP contribution in [-0.4, -0.2) is 25.7 Å². The summed E-state index contributed by atoms with van der Waals surface area (Å²) < 4.78 is 16.4. The zero-order valence-electron chi connectivity index (χ0n) is 15.8. The van der Waals surface area contributed by atoms with Crippen LogP contribution >= 0.6 is 0 Å². The van der Waals surface area contributed by atoms with E-state index in [1.807, 2.05) is 57.2 Å². The highest BCUT2D eigenvalue weighted by Crippen LogP contribution is 2.20. The minimum Gasteiger partial charge on any atom is -0.497 e. The Bertz CT molecular complexity index is 682. The Labute approximate surface area is 155 Å². The Morgan fingerprint density at radius 2 is 1.54 bits per heavy atom. The number of ether oxygens (including phenoxy) is 3. The van der Waals surface area contributed by atoms with Crippen LogP contribution in [0.2, 0.25) is 0 Å². The van der Waals surface area contributed by atoms with E-state index in [2.05, 4.69) is 5.32 Å². The van der Waals surface area contributed by atoms with E-state index < -0.39 is 6.10 Å². The SMILES string of the molecule is CCOc1ccc([C@@H](C)NC(=O)[C@H](CC)Oc2ccc(OC)cc2)cc1. The van der Waals surface area contributed by atoms with Gasteiger partial charge in [-0.15, -0.1) is 0 Å². The van der Waals surface area contributed by atoms with Crippen molar-refractivity contribution in [1.82, 2.24) is 5.32 Å². The Hall–Kier alpha value is -2.69. The quantitative estimate of drug-likeness (QED) is 0.733. The average molecular weight is 357 g/mol. The zero-order valence-corrected chi connectivity index (χ0v) is 15.8. The predicted molar refractivity (Wildman–Crippen MR) is 102 cm³/mol. The summed E-state index contributed by atoms with van der Waals surface area (Å²) in [6, 6.07) is 14.8. The van der Waals surface area contributed by atoms with Crippen LogP contribution in [0.25, 0.3) is 0 Å². The normalized spacial score (nSPS) is 12.8. The highest BCUT2D eigenvalue weighted by atomic mass is 16.5. The molecule has 26 heavy (non-hydrogen) atoms. The molecule has 0 saturated carbocycles. The van der Waals surface area contributed by atoms with Gasteiger partial charge < -0.3 is 19.5 Å². The van der Waals surface area contributed by atoms with E-state index >= 15 is 0 Å². The van der Waals surface area contributed by atoms with E-state index in [9.17, 15) is 4.79 Å². The molecule has 1 amide bonds. The van der Waals surface area contributed by atoms with Crippen molar-refractivity contribution in [1.29, 1.82) is 0 Å². The number of carbonyl (C=O) groups excluding carboxylic acids is 1. The van der Waals surface area contributed by atoms with Gasteiger partial charge in [0.25, 0.3) is 5.91 Å². The third kappa shape index (κ3) is 5.41. The first kappa shape index (κ1) is 19.6. The average Bonchev–Trinajstić information content (AvgIpc) is 2.67. The fourth-order valence-corrected chi connectivity index (χ4v) is 2.55. The van der Waals surface area contributed by atoms with E-state index in [0.717, 1.165) is 17.1 Å². The molecule has 2 aromatic carbocycles. The highest BCUT2D eigenvalue weighted by molar-refractivity contribution is 5.81. The Morgan fingerprint density at radius 1 is 0.962 bits per heavy atom. The monoisotopic (exact) mass is 357 g/mol. The second kappa shape index (κ2) is 9.70. The summed E-state index contributed by atoms with van der Waals surface area (Å²) >= 11 is 0. The van der Waals surface area contributed by atoms with E-state index in [-0.39, 0.29) is 11.9 Å². The van der Waals surface area contributed by atoms with E-state index in [4.69, 9.17) is 14.2 Å². The second-order valence-electron chi connectivity index (χ2n) is 5.92. The van der Waals surface area contributed by atoms with Crippen LogP contribution in [0.15, 0.2) is 48.5 Å². The molecule has 2 rings (SSSR count). The Kier molecular flexibility index (Phi) is 7.33. The summed E-state index contributed by atoms with van der Waals surface area (Å²) in [5.74, 6) is 2.08. The van der Waals surface area contributed by atoms with Crippen LogP contribution in [0.4, 0.5) is 0 Å². The van der Waals surface area contributed by atoms with Gasteiger partial charge in [-0.25, -0.2) is 0 Å². The molecule has 0 heterocycles. The van der Waals surface area contributed by atoms with Gasteiger partial charge in [-0.05, 0) is 62.2 Å². The van der Waals surface area contributed by atoms with Crippen molar-refractivity contribution < 1.29 is 19.0 Å². The molecule has 0 bridgehead atoms. The molecule has 0 fully saturated rings. The van der Waals surface area contributed by atoms with Gasteiger partial charge in [0.05, 0.1) is 19.8 Å². The van der Waals surface area contributed by atoms with Gasteiger partial charge in [-0.2, -0.15) is 0 Å². The van der Waals surface area contributed by atoms with Gasteiger partial charge in [0.1, 0.15) is 17.2 Å². The number of benzene rings is 2. The third-order valence-corrected chi connectivity index (χ3v) is 4.05. The lowest BCUT2D eigenvalue weighted by atomic mass is 10.1. The van der Waals surface area contributed by atoms with Crippen molar-refractivity contribution in [3.63, 3.8) is 0 Å². The number of hydrogen-bond acceptors (Lipinski definition) is 4. The van der Waals surface area contributed by atoms with Crippen molar-refractivity contribution in [2.45, 2.75) is 39.3 Å². The Morgan fingerprint density at radius 3 is 2.08 bits per heavy atom. The number of carbonyl (C=O) groups is 1. The maximum atomic E-state index is 12.6. The summed E-state index contributed by atoms with van der Waals surface area (Å²) in [6.45, 7) is 6.46. The van der Waals surface area contributed by atoms with Crippen LogP contribution in [0.5, 0.6) is 17.2 Å².